The third kappa shape index (κ3) is 8.34. The van der Waals surface area contributed by atoms with Crippen molar-refractivity contribution < 1.29 is 9.53 Å². The summed E-state index contributed by atoms with van der Waals surface area (Å²) in [4.78, 5) is 22.6. The van der Waals surface area contributed by atoms with Gasteiger partial charge in [0.2, 0.25) is 0 Å². The van der Waals surface area contributed by atoms with Gasteiger partial charge >= 0.3 is 6.03 Å². The van der Waals surface area contributed by atoms with E-state index < -0.39 is 5.41 Å². The number of halogens is 1. The summed E-state index contributed by atoms with van der Waals surface area (Å²) >= 11 is 6.14. The number of hydrogen-bond donors (Lipinski definition) is 0. The minimum absolute atomic E-state index is 0.0719. The van der Waals surface area contributed by atoms with Crippen LogP contribution in [0.4, 0.5) is 4.79 Å². The van der Waals surface area contributed by atoms with Gasteiger partial charge in [-0.3, -0.25) is 9.89 Å². The molecule has 42 heavy (non-hydrogen) atoms. The second-order valence-electron chi connectivity index (χ2n) is 10.7. The van der Waals surface area contributed by atoms with E-state index in [1.807, 2.05) is 98.5 Å². The van der Waals surface area contributed by atoms with E-state index in [1.165, 1.54) is 5.30 Å². The topological polar surface area (TPSA) is 68.9 Å². The van der Waals surface area contributed by atoms with Crippen molar-refractivity contribution in [3.8, 4) is 11.8 Å². The lowest BCUT2D eigenvalue weighted by Gasteiger charge is -2.33. The van der Waals surface area contributed by atoms with Crippen LogP contribution in [-0.4, -0.2) is 47.9 Å². The largest absolute Gasteiger partial charge is 0.493 e. The van der Waals surface area contributed by atoms with Gasteiger partial charge in [0.05, 0.1) is 36.2 Å². The zero-order chi connectivity index (χ0) is 30.7. The van der Waals surface area contributed by atoms with Crippen LogP contribution in [0.3, 0.4) is 0 Å². The van der Waals surface area contributed by atoms with Crippen molar-refractivity contribution in [2.75, 3.05) is 26.2 Å². The van der Waals surface area contributed by atoms with Gasteiger partial charge in [0, 0.05) is 18.1 Å². The first-order valence-electron chi connectivity index (χ1n) is 14.5. The van der Waals surface area contributed by atoms with Gasteiger partial charge < -0.3 is 9.64 Å². The van der Waals surface area contributed by atoms with Gasteiger partial charge in [-0.05, 0) is 74.3 Å². The standard InChI is InChI=1S/C28H35ClN4O2.C6H7P/c1-6-15-32(16-7-2)27(34)33-24(20-9-12-22(29)13-10-20)18-31-26(33)23-17-21(28(4,5)19-30)11-14-25(23)35-8-3;7-6-4-2-1-3-5-6/h9-14,17,24H,6-8,15-16,18H2,1-5H3;1-5H,7H2/t24-;/m0./s1. The number of rotatable bonds is 9. The molecule has 0 saturated heterocycles. The number of aliphatic imine (C=N–C) groups is 1. The van der Waals surface area contributed by atoms with E-state index in [1.54, 1.807) is 4.90 Å². The zero-order valence-corrected chi connectivity index (χ0v) is 27.2. The fourth-order valence-corrected chi connectivity index (χ4v) is 5.09. The van der Waals surface area contributed by atoms with Crippen LogP contribution in [-0.2, 0) is 5.41 Å². The minimum atomic E-state index is -0.695. The Morgan fingerprint density at radius 2 is 1.71 bits per heavy atom. The number of urea groups is 1. The average Bonchev–Trinajstić information content (AvgIpc) is 3.43. The molecule has 3 aromatic rings. The SMILES string of the molecule is CCCN(CCC)C(=O)N1C(c2cc(C(C)(C)C#N)ccc2OCC)=NC[C@H]1c1ccc(Cl)cc1.Pc1ccccc1. The molecule has 0 N–H and O–H groups in total. The zero-order valence-electron chi connectivity index (χ0n) is 25.3. The number of amidine groups is 1. The number of nitriles is 1. The van der Waals surface area contributed by atoms with Gasteiger partial charge in [0.25, 0.3) is 0 Å². The molecule has 0 aromatic heterocycles. The van der Waals surface area contributed by atoms with Gasteiger partial charge in [-0.25, -0.2) is 4.79 Å². The first-order valence-corrected chi connectivity index (χ1v) is 15.5. The number of carbonyl (C=O) groups is 1. The molecule has 1 aliphatic heterocycles. The Morgan fingerprint density at radius 3 is 2.24 bits per heavy atom. The third-order valence-electron chi connectivity index (χ3n) is 6.99. The maximum absolute atomic E-state index is 14.0. The summed E-state index contributed by atoms with van der Waals surface area (Å²) in [5.74, 6) is 1.22. The van der Waals surface area contributed by atoms with Gasteiger partial charge in [0.15, 0.2) is 0 Å². The normalized spacial score (nSPS) is 14.4. The Hall–Kier alpha value is -3.39. The van der Waals surface area contributed by atoms with E-state index in [4.69, 9.17) is 21.3 Å². The van der Waals surface area contributed by atoms with Crippen LogP contribution >= 0.6 is 20.8 Å². The molecule has 2 atom stereocenters. The molecule has 0 radical (unpaired) electrons. The highest BCUT2D eigenvalue weighted by Gasteiger charge is 2.38. The maximum atomic E-state index is 14.0. The average molecular weight is 605 g/mol. The molecule has 2 amide bonds. The number of hydrogen-bond acceptors (Lipinski definition) is 4. The van der Waals surface area contributed by atoms with Crippen molar-refractivity contribution >= 4 is 38.0 Å². The fourth-order valence-electron chi connectivity index (χ4n) is 4.74. The van der Waals surface area contributed by atoms with Crippen molar-refractivity contribution in [1.82, 2.24) is 9.80 Å². The second-order valence-corrected chi connectivity index (χ2v) is 11.8. The van der Waals surface area contributed by atoms with E-state index in [-0.39, 0.29) is 12.1 Å². The Bertz CT molecular complexity index is 1380. The van der Waals surface area contributed by atoms with Gasteiger partial charge in [-0.15, -0.1) is 9.24 Å². The summed E-state index contributed by atoms with van der Waals surface area (Å²) in [6, 6.07) is 25.5. The molecular weight excluding hydrogens is 563 g/mol. The van der Waals surface area contributed by atoms with E-state index in [0.29, 0.717) is 42.8 Å². The molecule has 222 valence electrons. The molecular formula is C34H42ClN4O2P. The molecule has 0 bridgehead atoms. The first kappa shape index (κ1) is 33.1. The number of amides is 2. The maximum Gasteiger partial charge on any atom is 0.326 e. The molecule has 1 unspecified atom stereocenters. The second kappa shape index (κ2) is 15.7. The van der Waals surface area contributed by atoms with Crippen LogP contribution in [0.2, 0.25) is 5.02 Å². The molecule has 0 spiro atoms. The van der Waals surface area contributed by atoms with Crippen LogP contribution < -0.4 is 10.0 Å². The van der Waals surface area contributed by atoms with Crippen molar-refractivity contribution in [2.24, 2.45) is 4.99 Å². The highest BCUT2D eigenvalue weighted by molar-refractivity contribution is 7.27. The summed E-state index contributed by atoms with van der Waals surface area (Å²) < 4.78 is 5.96. The van der Waals surface area contributed by atoms with Crippen LogP contribution in [0.5, 0.6) is 5.75 Å². The smallest absolute Gasteiger partial charge is 0.326 e. The van der Waals surface area contributed by atoms with Crippen LogP contribution in [0.25, 0.3) is 0 Å². The lowest BCUT2D eigenvalue weighted by atomic mass is 9.85. The van der Waals surface area contributed by atoms with Crippen LogP contribution in [0.15, 0.2) is 77.8 Å². The quantitative estimate of drug-likeness (QED) is 0.234. The number of carbonyl (C=O) groups excluding carboxylic acids is 1. The molecule has 1 heterocycles. The molecule has 1 aliphatic rings. The number of benzene rings is 3. The number of ether oxygens (including phenoxy) is 1. The first-order chi connectivity index (χ1) is 20.2. The molecule has 0 saturated carbocycles. The molecule has 6 nitrogen and oxygen atoms in total. The minimum Gasteiger partial charge on any atom is -0.493 e. The van der Waals surface area contributed by atoms with Gasteiger partial charge in [-0.2, -0.15) is 5.26 Å². The van der Waals surface area contributed by atoms with Gasteiger partial charge in [-0.1, -0.05) is 74.0 Å². The molecule has 0 fully saturated rings. The number of nitrogens with zero attached hydrogens (tertiary/aromatic N) is 4. The third-order valence-corrected chi connectivity index (χ3v) is 7.63. The Labute approximate surface area is 258 Å². The highest BCUT2D eigenvalue weighted by Crippen LogP contribution is 2.36. The summed E-state index contributed by atoms with van der Waals surface area (Å²) in [6.45, 7) is 12.1. The van der Waals surface area contributed by atoms with Crippen molar-refractivity contribution in [3.05, 3.63) is 94.5 Å². The summed E-state index contributed by atoms with van der Waals surface area (Å²) in [5, 5.41) is 11.6. The summed E-state index contributed by atoms with van der Waals surface area (Å²) in [7, 11) is 2.63. The van der Waals surface area contributed by atoms with Gasteiger partial charge in [0.1, 0.15) is 11.6 Å². The van der Waals surface area contributed by atoms with Crippen LogP contribution in [0, 0.1) is 11.3 Å². The monoisotopic (exact) mass is 604 g/mol. The predicted molar refractivity (Wildman–Crippen MR) is 177 cm³/mol. The lowest BCUT2D eigenvalue weighted by molar-refractivity contribution is 0.167. The summed E-state index contributed by atoms with van der Waals surface area (Å²) in [5.41, 5.74) is 1.85. The predicted octanol–water partition coefficient (Wildman–Crippen LogP) is 7.77. The van der Waals surface area contributed by atoms with Crippen molar-refractivity contribution in [3.63, 3.8) is 0 Å². The summed E-state index contributed by atoms with van der Waals surface area (Å²) in [6.07, 6.45) is 1.74. The Morgan fingerprint density at radius 1 is 1.07 bits per heavy atom. The Balaban J connectivity index is 0.000000603. The van der Waals surface area contributed by atoms with E-state index in [9.17, 15) is 10.1 Å². The van der Waals surface area contributed by atoms with Crippen molar-refractivity contribution in [1.29, 1.82) is 5.26 Å². The van der Waals surface area contributed by atoms with Crippen molar-refractivity contribution in [2.45, 2.75) is 58.9 Å². The highest BCUT2D eigenvalue weighted by atomic mass is 35.5. The lowest BCUT2D eigenvalue weighted by Crippen LogP contribution is -2.47. The molecule has 8 heteroatoms. The Kier molecular flexibility index (Phi) is 12.4. The van der Waals surface area contributed by atoms with E-state index in [0.717, 1.165) is 29.5 Å². The van der Waals surface area contributed by atoms with Crippen LogP contribution in [0.1, 0.15) is 70.2 Å². The van der Waals surface area contributed by atoms with E-state index in [2.05, 4.69) is 29.2 Å². The molecule has 0 aliphatic carbocycles. The van der Waals surface area contributed by atoms with E-state index >= 15 is 0 Å². The molecule has 4 rings (SSSR count). The molecule has 3 aromatic carbocycles. The fraction of sp³-hybridized carbons (Fsp3) is 0.382.